The molecular weight excluding hydrogens is 427 g/mol. The summed E-state index contributed by atoms with van der Waals surface area (Å²) in [4.78, 5) is 37.8. The highest BCUT2D eigenvalue weighted by atomic mass is 35.5. The Kier molecular flexibility index (Phi) is 7.07. The van der Waals surface area contributed by atoms with E-state index in [0.717, 1.165) is 19.3 Å². The molecule has 2 amide bonds. The van der Waals surface area contributed by atoms with Gasteiger partial charge in [0.15, 0.2) is 5.69 Å². The van der Waals surface area contributed by atoms with Crippen LogP contribution in [0.1, 0.15) is 47.0 Å². The van der Waals surface area contributed by atoms with Gasteiger partial charge >= 0.3 is 0 Å². The number of carbonyl (C=O) groups excluding carboxylic acids is 2. The number of benzene rings is 2. The smallest absolute Gasteiger partial charge is 0.267 e. The fraction of sp³-hybridized carbons (Fsp3) is 0.238. The second kappa shape index (κ2) is 9.73. The van der Waals surface area contributed by atoms with E-state index in [1.165, 1.54) is 16.8 Å². The van der Waals surface area contributed by atoms with Crippen LogP contribution >= 0.6 is 23.2 Å². The summed E-state index contributed by atoms with van der Waals surface area (Å²) in [5.41, 5.74) is 4.54. The summed E-state index contributed by atoms with van der Waals surface area (Å²) in [5.74, 6) is -1.28. The van der Waals surface area contributed by atoms with Crippen LogP contribution in [0.25, 0.3) is 10.8 Å². The summed E-state index contributed by atoms with van der Waals surface area (Å²) >= 11 is 11.9. The van der Waals surface area contributed by atoms with Gasteiger partial charge in [-0.15, -0.1) is 0 Å². The molecule has 0 saturated carbocycles. The van der Waals surface area contributed by atoms with Crippen LogP contribution in [0.4, 0.5) is 0 Å². The van der Waals surface area contributed by atoms with Crippen LogP contribution in [0.2, 0.25) is 10.0 Å². The Hall–Kier alpha value is -2.90. The first-order valence-electron chi connectivity index (χ1n) is 9.48. The summed E-state index contributed by atoms with van der Waals surface area (Å²) in [6.45, 7) is 2.46. The number of aryl methyl sites for hydroxylation is 1. The van der Waals surface area contributed by atoms with Crippen molar-refractivity contribution in [2.45, 2.75) is 32.7 Å². The third kappa shape index (κ3) is 4.80. The molecule has 1 aromatic heterocycles. The summed E-state index contributed by atoms with van der Waals surface area (Å²) in [6, 6.07) is 11.2. The van der Waals surface area contributed by atoms with Gasteiger partial charge < -0.3 is 0 Å². The predicted molar refractivity (Wildman–Crippen MR) is 117 cm³/mol. The normalized spacial score (nSPS) is 10.8. The van der Waals surface area contributed by atoms with Gasteiger partial charge in [-0.05, 0) is 30.7 Å². The highest BCUT2D eigenvalue weighted by molar-refractivity contribution is 6.35. The van der Waals surface area contributed by atoms with Crippen molar-refractivity contribution in [1.29, 1.82) is 0 Å². The number of hydrogen-bond donors (Lipinski definition) is 2. The molecule has 0 unspecified atom stereocenters. The molecule has 9 heteroatoms. The van der Waals surface area contributed by atoms with Crippen LogP contribution in [0.15, 0.2) is 47.3 Å². The van der Waals surface area contributed by atoms with Crippen LogP contribution in [0.3, 0.4) is 0 Å². The molecule has 2 N–H and O–H groups in total. The lowest BCUT2D eigenvalue weighted by Gasteiger charge is -2.12. The molecule has 2 aromatic carbocycles. The molecule has 0 bridgehead atoms. The Morgan fingerprint density at radius 2 is 1.70 bits per heavy atom. The van der Waals surface area contributed by atoms with Crippen LogP contribution in [-0.2, 0) is 6.54 Å². The van der Waals surface area contributed by atoms with Crippen molar-refractivity contribution in [1.82, 2.24) is 20.6 Å². The van der Waals surface area contributed by atoms with Crippen molar-refractivity contribution in [3.63, 3.8) is 0 Å². The number of hydrogen-bond acceptors (Lipinski definition) is 4. The largest absolute Gasteiger partial charge is 0.290 e. The van der Waals surface area contributed by atoms with Gasteiger partial charge in [0.2, 0.25) is 0 Å². The van der Waals surface area contributed by atoms with E-state index < -0.39 is 11.8 Å². The summed E-state index contributed by atoms with van der Waals surface area (Å²) in [5, 5.41) is 5.57. The van der Waals surface area contributed by atoms with E-state index in [-0.39, 0.29) is 21.8 Å². The van der Waals surface area contributed by atoms with Crippen molar-refractivity contribution in [2.24, 2.45) is 0 Å². The number of nitrogens with one attached hydrogen (secondary N) is 2. The number of carbonyl (C=O) groups is 2. The van der Waals surface area contributed by atoms with E-state index in [1.807, 2.05) is 0 Å². The molecule has 30 heavy (non-hydrogen) atoms. The third-order valence-corrected chi connectivity index (χ3v) is 5.08. The first kappa shape index (κ1) is 21.8. The Balaban J connectivity index is 1.86. The van der Waals surface area contributed by atoms with Gasteiger partial charge in [0.1, 0.15) is 0 Å². The Bertz CT molecular complexity index is 1160. The molecule has 0 saturated heterocycles. The fourth-order valence-electron chi connectivity index (χ4n) is 2.98. The molecule has 3 aromatic rings. The minimum absolute atomic E-state index is 0.0409. The summed E-state index contributed by atoms with van der Waals surface area (Å²) < 4.78 is 1.29. The monoisotopic (exact) mass is 446 g/mol. The van der Waals surface area contributed by atoms with E-state index >= 15 is 0 Å². The number of amides is 2. The van der Waals surface area contributed by atoms with Gasteiger partial charge in [-0.25, -0.2) is 4.68 Å². The highest BCUT2D eigenvalue weighted by Crippen LogP contribution is 2.20. The molecule has 1 heterocycles. The minimum Gasteiger partial charge on any atom is -0.267 e. The third-order valence-electron chi connectivity index (χ3n) is 4.52. The number of hydrazine groups is 1. The number of aromatic nitrogens is 2. The molecule has 3 rings (SSSR count). The van der Waals surface area contributed by atoms with Gasteiger partial charge in [0, 0.05) is 17.0 Å². The summed E-state index contributed by atoms with van der Waals surface area (Å²) in [7, 11) is 0. The van der Waals surface area contributed by atoms with Gasteiger partial charge in [-0.1, -0.05) is 61.2 Å². The molecule has 7 nitrogen and oxygen atoms in total. The SMILES string of the molecule is CCCCCn1nc(C(=O)NNC(=O)c2cc(Cl)ccc2Cl)c2ccccc2c1=O. The molecule has 156 valence electrons. The molecule has 0 spiro atoms. The highest BCUT2D eigenvalue weighted by Gasteiger charge is 2.18. The second-order valence-electron chi connectivity index (χ2n) is 6.66. The van der Waals surface area contributed by atoms with Crippen LogP contribution < -0.4 is 16.4 Å². The maximum Gasteiger partial charge on any atom is 0.290 e. The molecule has 0 aliphatic heterocycles. The zero-order valence-corrected chi connectivity index (χ0v) is 17.8. The minimum atomic E-state index is -0.651. The average molecular weight is 447 g/mol. The zero-order chi connectivity index (χ0) is 21.7. The van der Waals surface area contributed by atoms with Crippen molar-refractivity contribution < 1.29 is 9.59 Å². The molecule has 0 fully saturated rings. The lowest BCUT2D eigenvalue weighted by Crippen LogP contribution is -2.43. The standard InChI is InChI=1S/C21H20Cl2N4O3/c1-2-3-6-11-27-21(30)15-8-5-4-7-14(15)18(26-27)20(29)25-24-19(28)16-12-13(22)9-10-17(16)23/h4-5,7-10,12H,2-3,6,11H2,1H3,(H,24,28)(H,25,29). The maximum absolute atomic E-state index is 12.8. The average Bonchev–Trinajstić information content (AvgIpc) is 2.75. The number of fused-ring (bicyclic) bond motifs is 1. The van der Waals surface area contributed by atoms with Crippen LogP contribution in [0.5, 0.6) is 0 Å². The molecule has 0 atom stereocenters. The number of halogens is 2. The summed E-state index contributed by atoms with van der Waals surface area (Å²) in [6.07, 6.45) is 2.71. The fourth-order valence-corrected chi connectivity index (χ4v) is 3.35. The zero-order valence-electron chi connectivity index (χ0n) is 16.2. The Labute approximate surface area is 183 Å². The van der Waals surface area contributed by atoms with Gasteiger partial charge in [0.05, 0.1) is 16.0 Å². The van der Waals surface area contributed by atoms with E-state index in [9.17, 15) is 14.4 Å². The number of nitrogens with zero attached hydrogens (tertiary/aromatic N) is 2. The van der Waals surface area contributed by atoms with E-state index in [4.69, 9.17) is 23.2 Å². The topological polar surface area (TPSA) is 93.1 Å². The number of unbranched alkanes of at least 4 members (excludes halogenated alkanes) is 2. The lowest BCUT2D eigenvalue weighted by molar-refractivity contribution is 0.0843. The Morgan fingerprint density at radius 3 is 2.43 bits per heavy atom. The number of rotatable bonds is 6. The van der Waals surface area contributed by atoms with E-state index in [0.29, 0.717) is 22.3 Å². The van der Waals surface area contributed by atoms with Crippen molar-refractivity contribution in [3.8, 4) is 0 Å². The Morgan fingerprint density at radius 1 is 1.00 bits per heavy atom. The quantitative estimate of drug-likeness (QED) is 0.442. The van der Waals surface area contributed by atoms with Gasteiger partial charge in [-0.2, -0.15) is 5.10 Å². The first-order chi connectivity index (χ1) is 14.4. The molecule has 0 aliphatic rings. The second-order valence-corrected chi connectivity index (χ2v) is 7.51. The molecule has 0 aliphatic carbocycles. The van der Waals surface area contributed by atoms with Crippen LogP contribution in [-0.4, -0.2) is 21.6 Å². The van der Waals surface area contributed by atoms with Gasteiger partial charge in [-0.3, -0.25) is 25.2 Å². The van der Waals surface area contributed by atoms with Crippen molar-refractivity contribution >= 4 is 45.8 Å². The molecular formula is C21H20Cl2N4O3. The van der Waals surface area contributed by atoms with Crippen LogP contribution in [0, 0.1) is 0 Å². The lowest BCUT2D eigenvalue weighted by atomic mass is 10.1. The predicted octanol–water partition coefficient (Wildman–Crippen LogP) is 3.97. The van der Waals surface area contributed by atoms with Crippen molar-refractivity contribution in [2.75, 3.05) is 0 Å². The maximum atomic E-state index is 12.8. The molecule has 0 radical (unpaired) electrons. The van der Waals surface area contributed by atoms with Gasteiger partial charge in [0.25, 0.3) is 17.4 Å². The van der Waals surface area contributed by atoms with Crippen molar-refractivity contribution in [3.05, 3.63) is 74.1 Å². The van der Waals surface area contributed by atoms with E-state index in [1.54, 1.807) is 30.3 Å². The first-order valence-corrected chi connectivity index (χ1v) is 10.2. The van der Waals surface area contributed by atoms with E-state index in [2.05, 4.69) is 22.9 Å².